The van der Waals surface area contributed by atoms with Crippen LogP contribution in [-0.4, -0.2) is 51.0 Å². The van der Waals surface area contributed by atoms with Crippen molar-refractivity contribution < 1.29 is 0 Å². The maximum atomic E-state index is 4.86. The molecule has 4 heterocycles. The van der Waals surface area contributed by atoms with Gasteiger partial charge in [0.15, 0.2) is 16.6 Å². The predicted octanol–water partition coefficient (Wildman–Crippen LogP) is 3.27. The Balaban J connectivity index is 1.41. The van der Waals surface area contributed by atoms with Crippen LogP contribution >= 0.6 is 11.3 Å². The van der Waals surface area contributed by atoms with Crippen molar-refractivity contribution in [3.63, 3.8) is 0 Å². The lowest BCUT2D eigenvalue weighted by molar-refractivity contribution is 0.777. The standard InChI is InChI=1S/C20H21N7S/c1-15-14-28-20(21-15)26-11-5-10-25(12-13-26)18-9-8-17-22-23-19(27(17)24-18)16-6-3-2-4-7-16/h2-4,6-9,14H,5,10-13H2,1H3. The number of aryl methyl sites for hydroxylation is 1. The molecule has 0 saturated carbocycles. The second kappa shape index (κ2) is 7.20. The zero-order valence-corrected chi connectivity index (χ0v) is 16.5. The van der Waals surface area contributed by atoms with Gasteiger partial charge < -0.3 is 9.80 Å². The molecule has 1 saturated heterocycles. The Bertz CT molecular complexity index is 1090. The monoisotopic (exact) mass is 391 g/mol. The van der Waals surface area contributed by atoms with Crippen molar-refractivity contribution in [2.75, 3.05) is 36.0 Å². The summed E-state index contributed by atoms with van der Waals surface area (Å²) in [7, 11) is 0. The van der Waals surface area contributed by atoms with Crippen molar-refractivity contribution in [2.45, 2.75) is 13.3 Å². The van der Waals surface area contributed by atoms with Gasteiger partial charge in [-0.1, -0.05) is 30.3 Å². The predicted molar refractivity (Wildman–Crippen MR) is 112 cm³/mol. The van der Waals surface area contributed by atoms with E-state index in [-0.39, 0.29) is 0 Å². The molecular weight excluding hydrogens is 370 g/mol. The van der Waals surface area contributed by atoms with E-state index < -0.39 is 0 Å². The summed E-state index contributed by atoms with van der Waals surface area (Å²) >= 11 is 1.72. The minimum Gasteiger partial charge on any atom is -0.353 e. The van der Waals surface area contributed by atoms with Crippen molar-refractivity contribution >= 4 is 27.9 Å². The SMILES string of the molecule is Cc1csc(N2CCCN(c3ccc4nnc(-c5ccccc5)n4n3)CC2)n1. The van der Waals surface area contributed by atoms with Crippen molar-refractivity contribution in [3.05, 3.63) is 53.5 Å². The van der Waals surface area contributed by atoms with Crippen molar-refractivity contribution in [2.24, 2.45) is 0 Å². The number of anilines is 2. The number of benzene rings is 1. The number of fused-ring (bicyclic) bond motifs is 1. The lowest BCUT2D eigenvalue weighted by Crippen LogP contribution is -2.31. The highest BCUT2D eigenvalue weighted by Gasteiger charge is 2.19. The molecule has 142 valence electrons. The number of rotatable bonds is 3. The molecule has 0 aliphatic carbocycles. The van der Waals surface area contributed by atoms with Crippen LogP contribution in [0.1, 0.15) is 12.1 Å². The third-order valence-electron chi connectivity index (χ3n) is 4.98. The second-order valence-electron chi connectivity index (χ2n) is 6.95. The number of aromatic nitrogens is 5. The third kappa shape index (κ3) is 3.20. The molecule has 0 atom stereocenters. The Kier molecular flexibility index (Phi) is 4.40. The molecule has 8 heteroatoms. The topological polar surface area (TPSA) is 62.5 Å². The van der Waals surface area contributed by atoms with Crippen molar-refractivity contribution in [3.8, 4) is 11.4 Å². The molecule has 0 spiro atoms. The van der Waals surface area contributed by atoms with E-state index in [9.17, 15) is 0 Å². The molecule has 0 bridgehead atoms. The van der Waals surface area contributed by atoms with Crippen LogP contribution in [0.4, 0.5) is 10.9 Å². The first-order valence-corrected chi connectivity index (χ1v) is 10.4. The average molecular weight is 392 g/mol. The summed E-state index contributed by atoms with van der Waals surface area (Å²) in [5.74, 6) is 1.73. The van der Waals surface area contributed by atoms with E-state index in [0.29, 0.717) is 0 Å². The van der Waals surface area contributed by atoms with Gasteiger partial charge >= 0.3 is 0 Å². The fourth-order valence-electron chi connectivity index (χ4n) is 3.54. The molecule has 0 unspecified atom stereocenters. The Morgan fingerprint density at radius 2 is 1.71 bits per heavy atom. The fraction of sp³-hybridized carbons (Fsp3) is 0.300. The molecule has 7 nitrogen and oxygen atoms in total. The van der Waals surface area contributed by atoms with Crippen LogP contribution in [0.5, 0.6) is 0 Å². The molecule has 1 aliphatic rings. The lowest BCUT2D eigenvalue weighted by Gasteiger charge is -2.22. The Hall–Kier alpha value is -3.00. The summed E-state index contributed by atoms with van der Waals surface area (Å²) in [6.45, 7) is 5.91. The smallest absolute Gasteiger partial charge is 0.185 e. The van der Waals surface area contributed by atoms with E-state index in [0.717, 1.165) is 66.3 Å². The van der Waals surface area contributed by atoms with E-state index in [1.807, 2.05) is 53.9 Å². The lowest BCUT2D eigenvalue weighted by atomic mass is 10.2. The van der Waals surface area contributed by atoms with E-state index >= 15 is 0 Å². The van der Waals surface area contributed by atoms with Gasteiger partial charge in [-0.3, -0.25) is 0 Å². The van der Waals surface area contributed by atoms with Crippen molar-refractivity contribution in [1.29, 1.82) is 0 Å². The van der Waals surface area contributed by atoms with E-state index in [4.69, 9.17) is 5.10 Å². The van der Waals surface area contributed by atoms with Crippen LogP contribution in [-0.2, 0) is 0 Å². The summed E-state index contributed by atoms with van der Waals surface area (Å²) in [5, 5.41) is 16.7. The zero-order valence-electron chi connectivity index (χ0n) is 15.7. The third-order valence-corrected chi connectivity index (χ3v) is 6.00. The van der Waals surface area contributed by atoms with E-state index in [2.05, 4.69) is 30.4 Å². The molecule has 4 aromatic rings. The summed E-state index contributed by atoms with van der Waals surface area (Å²) in [6, 6.07) is 14.1. The van der Waals surface area contributed by atoms with Crippen LogP contribution < -0.4 is 9.80 Å². The molecule has 1 aliphatic heterocycles. The molecule has 28 heavy (non-hydrogen) atoms. The number of hydrogen-bond donors (Lipinski definition) is 0. The Morgan fingerprint density at radius 3 is 2.54 bits per heavy atom. The zero-order chi connectivity index (χ0) is 18.9. The average Bonchev–Trinajstić information content (AvgIpc) is 3.27. The molecule has 0 radical (unpaired) electrons. The molecule has 3 aromatic heterocycles. The molecule has 0 amide bonds. The van der Waals surface area contributed by atoms with Gasteiger partial charge in [0.25, 0.3) is 0 Å². The first-order valence-electron chi connectivity index (χ1n) is 9.48. The molecule has 1 fully saturated rings. The van der Waals surface area contributed by atoms with Crippen LogP contribution in [0.25, 0.3) is 17.0 Å². The Morgan fingerprint density at radius 1 is 0.893 bits per heavy atom. The minimum atomic E-state index is 0.761. The van der Waals surface area contributed by atoms with Gasteiger partial charge in [-0.05, 0) is 25.5 Å². The summed E-state index contributed by atoms with van der Waals surface area (Å²) in [4.78, 5) is 9.36. The van der Waals surface area contributed by atoms with Gasteiger partial charge in [0.2, 0.25) is 0 Å². The first kappa shape index (κ1) is 17.1. The number of thiazole rings is 1. The highest BCUT2D eigenvalue weighted by molar-refractivity contribution is 7.13. The maximum absolute atomic E-state index is 4.86. The quantitative estimate of drug-likeness (QED) is 0.534. The van der Waals surface area contributed by atoms with Crippen molar-refractivity contribution in [1.82, 2.24) is 24.8 Å². The van der Waals surface area contributed by atoms with Gasteiger partial charge in [-0.2, -0.15) is 4.52 Å². The maximum Gasteiger partial charge on any atom is 0.185 e. The van der Waals surface area contributed by atoms with Gasteiger partial charge in [0.05, 0.1) is 5.69 Å². The molecule has 1 aromatic carbocycles. The van der Waals surface area contributed by atoms with Crippen LogP contribution in [0.2, 0.25) is 0 Å². The summed E-state index contributed by atoms with van der Waals surface area (Å²) in [5.41, 5.74) is 2.87. The van der Waals surface area contributed by atoms with Gasteiger partial charge in [-0.15, -0.1) is 26.6 Å². The summed E-state index contributed by atoms with van der Waals surface area (Å²) < 4.78 is 1.84. The van der Waals surface area contributed by atoms with Gasteiger partial charge in [0.1, 0.15) is 5.82 Å². The Labute approximate surface area is 167 Å². The van der Waals surface area contributed by atoms with Gasteiger partial charge in [-0.25, -0.2) is 4.98 Å². The largest absolute Gasteiger partial charge is 0.353 e. The second-order valence-corrected chi connectivity index (χ2v) is 7.79. The first-order chi connectivity index (χ1) is 13.8. The molecule has 0 N–H and O–H groups in total. The van der Waals surface area contributed by atoms with Crippen LogP contribution in [0.3, 0.4) is 0 Å². The number of hydrogen-bond acceptors (Lipinski definition) is 7. The molecule has 5 rings (SSSR count). The minimum absolute atomic E-state index is 0.761. The van der Waals surface area contributed by atoms with Gasteiger partial charge in [0, 0.05) is 37.1 Å². The normalized spacial score (nSPS) is 15.2. The van der Waals surface area contributed by atoms with Crippen LogP contribution in [0, 0.1) is 6.92 Å². The van der Waals surface area contributed by atoms with Crippen LogP contribution in [0.15, 0.2) is 47.8 Å². The van der Waals surface area contributed by atoms with E-state index in [1.54, 1.807) is 11.3 Å². The van der Waals surface area contributed by atoms with E-state index in [1.165, 1.54) is 0 Å². The summed E-state index contributed by atoms with van der Waals surface area (Å²) in [6.07, 6.45) is 1.08. The molecular formula is C20H21N7S. The fourth-order valence-corrected chi connectivity index (χ4v) is 4.40. The highest BCUT2D eigenvalue weighted by atomic mass is 32.1. The highest BCUT2D eigenvalue weighted by Crippen LogP contribution is 2.24. The number of nitrogens with zero attached hydrogens (tertiary/aromatic N) is 7.